The number of nitrogens with two attached hydrogens (primary N) is 1. The van der Waals surface area contributed by atoms with Crippen LogP contribution in [0.3, 0.4) is 0 Å². The van der Waals surface area contributed by atoms with E-state index in [0.717, 1.165) is 25.9 Å². The van der Waals surface area contributed by atoms with Crippen LogP contribution in [-0.4, -0.2) is 47.3 Å². The molecule has 1 saturated heterocycles. The number of nitrogens with zero attached hydrogens (tertiary/aromatic N) is 3. The maximum Gasteiger partial charge on any atom is 0.271 e. The standard InChI is InChI=1S/C14H25N5O/c1-10-11(15)12(19(4)17-10)13(20)16-9-14(2)5-7-18(3)8-6-14/h5-9,15H2,1-4H3,(H,16,20). The van der Waals surface area contributed by atoms with E-state index in [-0.39, 0.29) is 11.3 Å². The second kappa shape index (κ2) is 5.44. The zero-order chi connectivity index (χ0) is 14.9. The highest BCUT2D eigenvalue weighted by Crippen LogP contribution is 2.29. The van der Waals surface area contributed by atoms with Crippen LogP contribution in [0.2, 0.25) is 0 Å². The Labute approximate surface area is 120 Å². The number of rotatable bonds is 3. The molecule has 0 bridgehead atoms. The summed E-state index contributed by atoms with van der Waals surface area (Å²) in [4.78, 5) is 14.6. The lowest BCUT2D eigenvalue weighted by Gasteiger charge is -2.37. The van der Waals surface area contributed by atoms with Gasteiger partial charge in [-0.15, -0.1) is 0 Å². The summed E-state index contributed by atoms with van der Waals surface area (Å²) in [5.74, 6) is -0.134. The number of hydrogen-bond donors (Lipinski definition) is 2. The molecule has 0 atom stereocenters. The van der Waals surface area contributed by atoms with Crippen molar-refractivity contribution in [1.82, 2.24) is 20.0 Å². The van der Waals surface area contributed by atoms with Crippen molar-refractivity contribution in [2.24, 2.45) is 12.5 Å². The van der Waals surface area contributed by atoms with Gasteiger partial charge in [0.05, 0.1) is 11.4 Å². The summed E-state index contributed by atoms with van der Waals surface area (Å²) in [7, 11) is 3.88. The molecule has 0 aromatic carbocycles. The minimum absolute atomic E-state index is 0.134. The van der Waals surface area contributed by atoms with Gasteiger partial charge in [-0.25, -0.2) is 0 Å². The summed E-state index contributed by atoms with van der Waals surface area (Å²) in [5.41, 5.74) is 7.71. The minimum atomic E-state index is -0.134. The quantitative estimate of drug-likeness (QED) is 0.857. The van der Waals surface area contributed by atoms with Crippen molar-refractivity contribution >= 4 is 11.6 Å². The molecule has 0 radical (unpaired) electrons. The Morgan fingerprint density at radius 1 is 1.40 bits per heavy atom. The Morgan fingerprint density at radius 3 is 2.50 bits per heavy atom. The van der Waals surface area contributed by atoms with Gasteiger partial charge in [0.15, 0.2) is 0 Å². The topological polar surface area (TPSA) is 76.2 Å². The molecule has 6 heteroatoms. The molecule has 112 valence electrons. The third-order valence-electron chi connectivity index (χ3n) is 4.35. The number of likely N-dealkylation sites (tertiary alicyclic amines) is 1. The van der Waals surface area contributed by atoms with E-state index in [4.69, 9.17) is 5.73 Å². The average molecular weight is 279 g/mol. The lowest BCUT2D eigenvalue weighted by Crippen LogP contribution is -2.43. The zero-order valence-electron chi connectivity index (χ0n) is 12.9. The number of aryl methyl sites for hydroxylation is 2. The summed E-state index contributed by atoms with van der Waals surface area (Å²) in [6, 6.07) is 0. The van der Waals surface area contributed by atoms with Gasteiger partial charge in [-0.1, -0.05) is 6.92 Å². The van der Waals surface area contributed by atoms with Crippen LogP contribution in [0.5, 0.6) is 0 Å². The Kier molecular flexibility index (Phi) is 4.04. The van der Waals surface area contributed by atoms with Crippen LogP contribution in [0, 0.1) is 12.3 Å². The molecule has 1 fully saturated rings. The van der Waals surface area contributed by atoms with E-state index in [0.29, 0.717) is 23.6 Å². The number of carbonyl (C=O) groups is 1. The van der Waals surface area contributed by atoms with E-state index < -0.39 is 0 Å². The minimum Gasteiger partial charge on any atom is -0.395 e. The van der Waals surface area contributed by atoms with E-state index in [1.807, 2.05) is 6.92 Å². The molecule has 1 aromatic rings. The molecule has 1 aliphatic heterocycles. The maximum absolute atomic E-state index is 12.3. The van der Waals surface area contributed by atoms with E-state index in [1.165, 1.54) is 0 Å². The molecule has 1 aromatic heterocycles. The molecule has 0 saturated carbocycles. The Bertz CT molecular complexity index is 500. The molecule has 1 amide bonds. The molecule has 20 heavy (non-hydrogen) atoms. The fourth-order valence-electron chi connectivity index (χ4n) is 2.66. The lowest BCUT2D eigenvalue weighted by molar-refractivity contribution is 0.0883. The lowest BCUT2D eigenvalue weighted by atomic mass is 9.80. The molecule has 0 aliphatic carbocycles. The van der Waals surface area contributed by atoms with Crippen molar-refractivity contribution in [2.45, 2.75) is 26.7 Å². The zero-order valence-corrected chi connectivity index (χ0v) is 12.9. The van der Waals surface area contributed by atoms with Crippen molar-refractivity contribution in [3.05, 3.63) is 11.4 Å². The van der Waals surface area contributed by atoms with Crippen molar-refractivity contribution in [2.75, 3.05) is 32.4 Å². The second-order valence-corrected chi connectivity index (χ2v) is 6.27. The fraction of sp³-hybridized carbons (Fsp3) is 0.714. The van der Waals surface area contributed by atoms with Crippen LogP contribution in [0.4, 0.5) is 5.69 Å². The number of amides is 1. The number of nitrogen functional groups attached to an aromatic ring is 1. The SMILES string of the molecule is Cc1nn(C)c(C(=O)NCC2(C)CCN(C)CC2)c1N. The van der Waals surface area contributed by atoms with E-state index in [2.05, 4.69) is 29.3 Å². The Balaban J connectivity index is 1.99. The first-order chi connectivity index (χ1) is 9.32. The van der Waals surface area contributed by atoms with Gasteiger partial charge in [-0.3, -0.25) is 9.48 Å². The van der Waals surface area contributed by atoms with Gasteiger partial charge in [0.25, 0.3) is 5.91 Å². The summed E-state index contributed by atoms with van der Waals surface area (Å²) in [6.45, 7) is 6.89. The van der Waals surface area contributed by atoms with E-state index in [1.54, 1.807) is 11.7 Å². The van der Waals surface area contributed by atoms with Gasteiger partial charge in [0.1, 0.15) is 5.69 Å². The second-order valence-electron chi connectivity index (χ2n) is 6.27. The number of aromatic nitrogens is 2. The number of carbonyl (C=O) groups excluding carboxylic acids is 1. The highest BCUT2D eigenvalue weighted by atomic mass is 16.2. The maximum atomic E-state index is 12.3. The normalized spacial score (nSPS) is 19.0. The first kappa shape index (κ1) is 14.8. The summed E-state index contributed by atoms with van der Waals surface area (Å²) < 4.78 is 1.55. The number of anilines is 1. The predicted molar refractivity (Wildman–Crippen MR) is 79.5 cm³/mol. The van der Waals surface area contributed by atoms with Crippen molar-refractivity contribution in [1.29, 1.82) is 0 Å². The van der Waals surface area contributed by atoms with Crippen LogP contribution in [-0.2, 0) is 7.05 Å². The van der Waals surface area contributed by atoms with Crippen LogP contribution >= 0.6 is 0 Å². The van der Waals surface area contributed by atoms with Crippen LogP contribution in [0.25, 0.3) is 0 Å². The molecule has 1 aliphatic rings. The van der Waals surface area contributed by atoms with Crippen LogP contribution < -0.4 is 11.1 Å². The molecular formula is C14H25N5O. The van der Waals surface area contributed by atoms with Gasteiger partial charge >= 0.3 is 0 Å². The summed E-state index contributed by atoms with van der Waals surface area (Å²) >= 11 is 0. The molecule has 2 rings (SSSR count). The van der Waals surface area contributed by atoms with Crippen LogP contribution in [0.1, 0.15) is 35.9 Å². The first-order valence-corrected chi connectivity index (χ1v) is 7.08. The highest BCUT2D eigenvalue weighted by Gasteiger charge is 2.30. The smallest absolute Gasteiger partial charge is 0.271 e. The third-order valence-corrected chi connectivity index (χ3v) is 4.35. The van der Waals surface area contributed by atoms with Gasteiger partial charge in [-0.05, 0) is 45.3 Å². The Morgan fingerprint density at radius 2 is 2.00 bits per heavy atom. The molecule has 3 N–H and O–H groups in total. The first-order valence-electron chi connectivity index (χ1n) is 7.08. The molecular weight excluding hydrogens is 254 g/mol. The van der Waals surface area contributed by atoms with Crippen molar-refractivity contribution in [3.8, 4) is 0 Å². The van der Waals surface area contributed by atoms with Crippen molar-refractivity contribution < 1.29 is 4.79 Å². The molecule has 0 spiro atoms. The third kappa shape index (κ3) is 2.95. The number of nitrogens with one attached hydrogen (secondary N) is 1. The van der Waals surface area contributed by atoms with Gasteiger partial charge < -0.3 is 16.0 Å². The van der Waals surface area contributed by atoms with E-state index >= 15 is 0 Å². The average Bonchev–Trinajstić information content (AvgIpc) is 2.65. The van der Waals surface area contributed by atoms with Gasteiger partial charge in [-0.2, -0.15) is 5.10 Å². The van der Waals surface area contributed by atoms with Crippen LogP contribution in [0.15, 0.2) is 0 Å². The fourth-order valence-corrected chi connectivity index (χ4v) is 2.66. The highest BCUT2D eigenvalue weighted by molar-refractivity contribution is 5.97. The van der Waals surface area contributed by atoms with Gasteiger partial charge in [0, 0.05) is 13.6 Å². The Hall–Kier alpha value is -1.56. The molecule has 6 nitrogen and oxygen atoms in total. The summed E-state index contributed by atoms with van der Waals surface area (Å²) in [5, 5.41) is 7.20. The molecule has 0 unspecified atom stereocenters. The largest absolute Gasteiger partial charge is 0.395 e. The van der Waals surface area contributed by atoms with E-state index in [9.17, 15) is 4.79 Å². The summed E-state index contributed by atoms with van der Waals surface area (Å²) in [6.07, 6.45) is 2.20. The monoisotopic (exact) mass is 279 g/mol. The number of hydrogen-bond acceptors (Lipinski definition) is 4. The van der Waals surface area contributed by atoms with Gasteiger partial charge in [0.2, 0.25) is 0 Å². The molecule has 2 heterocycles. The predicted octanol–water partition coefficient (Wildman–Crippen LogP) is 0.772. The number of piperidine rings is 1. The van der Waals surface area contributed by atoms with Crippen molar-refractivity contribution in [3.63, 3.8) is 0 Å².